The second-order valence-electron chi connectivity index (χ2n) is 3.32. The molecule has 0 radical (unpaired) electrons. The van der Waals surface area contributed by atoms with E-state index < -0.39 is 12.0 Å². The third kappa shape index (κ3) is 3.20. The summed E-state index contributed by atoms with van der Waals surface area (Å²) in [6.07, 6.45) is 0. The zero-order chi connectivity index (χ0) is 13.2. The lowest BCUT2D eigenvalue weighted by atomic mass is 10.2. The van der Waals surface area contributed by atoms with Gasteiger partial charge in [-0.15, -0.1) is 11.3 Å². The second-order valence-corrected chi connectivity index (χ2v) is 5.86. The quantitative estimate of drug-likeness (QED) is 0.916. The number of thiophene rings is 1. The number of rotatable bonds is 4. The Hall–Kier alpha value is -0.590. The van der Waals surface area contributed by atoms with Crippen molar-refractivity contribution in [2.45, 2.75) is 19.9 Å². The number of carboxylic acids is 1. The summed E-state index contributed by atoms with van der Waals surface area (Å²) in [5.74, 6) is -1.34. The van der Waals surface area contributed by atoms with Gasteiger partial charge in [-0.3, -0.25) is 4.79 Å². The van der Waals surface area contributed by atoms with E-state index in [1.807, 2.05) is 0 Å². The van der Waals surface area contributed by atoms with Crippen LogP contribution >= 0.6 is 38.9 Å². The van der Waals surface area contributed by atoms with Crippen molar-refractivity contribution in [2.24, 2.45) is 0 Å². The van der Waals surface area contributed by atoms with Gasteiger partial charge in [0.2, 0.25) is 5.91 Å². The van der Waals surface area contributed by atoms with Crippen LogP contribution in [-0.4, -0.2) is 28.4 Å². The number of aliphatic carboxylic acids is 1. The molecule has 0 aromatic carbocycles. The molecule has 0 saturated heterocycles. The lowest BCUT2D eigenvalue weighted by Crippen LogP contribution is -2.36. The van der Waals surface area contributed by atoms with Gasteiger partial charge in [0.25, 0.3) is 0 Å². The van der Waals surface area contributed by atoms with Gasteiger partial charge in [-0.2, -0.15) is 0 Å². The van der Waals surface area contributed by atoms with Gasteiger partial charge in [0.15, 0.2) is 6.04 Å². The van der Waals surface area contributed by atoms with Gasteiger partial charge in [0.1, 0.15) is 4.34 Å². The van der Waals surface area contributed by atoms with Crippen LogP contribution in [0.1, 0.15) is 24.8 Å². The van der Waals surface area contributed by atoms with Crippen LogP contribution in [0.25, 0.3) is 0 Å². The van der Waals surface area contributed by atoms with E-state index >= 15 is 0 Å². The van der Waals surface area contributed by atoms with E-state index in [-0.39, 0.29) is 5.91 Å². The number of carbonyl (C=O) groups is 2. The van der Waals surface area contributed by atoms with Crippen molar-refractivity contribution < 1.29 is 14.7 Å². The molecule has 0 aliphatic heterocycles. The summed E-state index contributed by atoms with van der Waals surface area (Å²) in [5.41, 5.74) is 0. The lowest BCUT2D eigenvalue weighted by molar-refractivity contribution is -0.149. The van der Waals surface area contributed by atoms with E-state index in [2.05, 4.69) is 15.9 Å². The van der Waals surface area contributed by atoms with Crippen molar-refractivity contribution in [3.63, 3.8) is 0 Å². The van der Waals surface area contributed by atoms with Crippen molar-refractivity contribution >= 4 is 50.7 Å². The fourth-order valence-electron chi connectivity index (χ4n) is 1.49. The molecule has 1 aromatic heterocycles. The molecule has 7 heteroatoms. The number of hydrogen-bond acceptors (Lipinski definition) is 3. The Labute approximate surface area is 116 Å². The van der Waals surface area contributed by atoms with Crippen LogP contribution in [0.3, 0.4) is 0 Å². The van der Waals surface area contributed by atoms with Crippen molar-refractivity contribution in [3.8, 4) is 0 Å². The summed E-state index contributed by atoms with van der Waals surface area (Å²) >= 11 is 10.3. The normalized spacial score (nSPS) is 12.2. The van der Waals surface area contributed by atoms with E-state index in [0.29, 0.717) is 20.2 Å². The van der Waals surface area contributed by atoms with Crippen LogP contribution in [0.2, 0.25) is 4.34 Å². The van der Waals surface area contributed by atoms with Crippen molar-refractivity contribution in [1.29, 1.82) is 0 Å². The molecule has 1 aromatic rings. The van der Waals surface area contributed by atoms with Crippen LogP contribution in [0.5, 0.6) is 0 Å². The SMILES string of the molecule is CCN(C(C)=O)C(C(=O)O)c1cc(Br)c(Cl)s1. The summed E-state index contributed by atoms with van der Waals surface area (Å²) in [6.45, 7) is 3.42. The minimum atomic E-state index is -1.06. The third-order valence-corrected chi connectivity index (χ3v) is 4.75. The van der Waals surface area contributed by atoms with Crippen LogP contribution in [0.4, 0.5) is 0 Å². The fourth-order valence-corrected chi connectivity index (χ4v) is 3.34. The van der Waals surface area contributed by atoms with E-state index in [4.69, 9.17) is 11.6 Å². The Balaban J connectivity index is 3.17. The molecule has 0 bridgehead atoms. The number of carboxylic acid groups (broad SMARTS) is 1. The minimum absolute atomic E-state index is 0.277. The highest BCUT2D eigenvalue weighted by Crippen LogP contribution is 2.37. The zero-order valence-corrected chi connectivity index (χ0v) is 12.4. The van der Waals surface area contributed by atoms with E-state index in [0.717, 1.165) is 11.3 Å². The average Bonchev–Trinajstić information content (AvgIpc) is 2.53. The molecule has 0 saturated carbocycles. The number of likely N-dealkylation sites (N-methyl/N-ethyl adjacent to an activating group) is 1. The summed E-state index contributed by atoms with van der Waals surface area (Å²) in [6, 6.07) is 0.656. The van der Waals surface area contributed by atoms with Gasteiger partial charge < -0.3 is 10.0 Å². The number of carbonyl (C=O) groups excluding carboxylic acids is 1. The molecule has 0 aliphatic carbocycles. The molecule has 17 heavy (non-hydrogen) atoms. The number of halogens is 2. The van der Waals surface area contributed by atoms with E-state index in [1.165, 1.54) is 11.8 Å². The third-order valence-electron chi connectivity index (χ3n) is 2.22. The first kappa shape index (κ1) is 14.5. The molecule has 0 spiro atoms. The minimum Gasteiger partial charge on any atom is -0.479 e. The van der Waals surface area contributed by atoms with Crippen molar-refractivity contribution in [1.82, 2.24) is 4.90 Å². The molecule has 1 N–H and O–H groups in total. The first-order valence-electron chi connectivity index (χ1n) is 4.83. The Morgan fingerprint density at radius 2 is 2.24 bits per heavy atom. The number of hydrogen-bond donors (Lipinski definition) is 1. The fraction of sp³-hybridized carbons (Fsp3) is 0.400. The Kier molecular flexibility index (Phi) is 4.97. The Morgan fingerprint density at radius 3 is 2.53 bits per heavy atom. The van der Waals surface area contributed by atoms with Gasteiger partial charge >= 0.3 is 5.97 Å². The van der Waals surface area contributed by atoms with E-state index in [9.17, 15) is 14.7 Å². The van der Waals surface area contributed by atoms with Crippen molar-refractivity contribution in [3.05, 3.63) is 19.8 Å². The van der Waals surface area contributed by atoms with Crippen molar-refractivity contribution in [2.75, 3.05) is 6.54 Å². The molecular formula is C10H11BrClNO3S. The maximum absolute atomic E-state index is 11.4. The van der Waals surface area contributed by atoms with Gasteiger partial charge in [0, 0.05) is 22.8 Å². The number of amides is 1. The average molecular weight is 341 g/mol. The molecule has 1 atom stereocenters. The molecule has 1 heterocycles. The summed E-state index contributed by atoms with van der Waals surface area (Å²) in [7, 11) is 0. The first-order chi connectivity index (χ1) is 7.88. The van der Waals surface area contributed by atoms with Crippen LogP contribution in [-0.2, 0) is 9.59 Å². The van der Waals surface area contributed by atoms with Crippen LogP contribution < -0.4 is 0 Å². The zero-order valence-electron chi connectivity index (χ0n) is 9.24. The van der Waals surface area contributed by atoms with Crippen LogP contribution in [0, 0.1) is 0 Å². The standard InChI is InChI=1S/C10H11BrClNO3S/c1-3-13(5(2)14)8(10(15)16)7-4-6(11)9(12)17-7/h4,8H,3H2,1-2H3,(H,15,16). The van der Waals surface area contributed by atoms with Crippen LogP contribution in [0.15, 0.2) is 10.5 Å². The Bertz CT molecular complexity index is 429. The van der Waals surface area contributed by atoms with Gasteiger partial charge in [-0.05, 0) is 28.9 Å². The smallest absolute Gasteiger partial charge is 0.331 e. The predicted octanol–water partition coefficient (Wildman–Crippen LogP) is 3.16. The first-order valence-corrected chi connectivity index (χ1v) is 6.82. The molecule has 0 aliphatic rings. The summed E-state index contributed by atoms with van der Waals surface area (Å²) in [5, 5.41) is 9.23. The molecule has 1 rings (SSSR count). The molecule has 1 amide bonds. The molecule has 4 nitrogen and oxygen atoms in total. The molecule has 0 fully saturated rings. The second kappa shape index (κ2) is 5.84. The van der Waals surface area contributed by atoms with Gasteiger partial charge in [-0.25, -0.2) is 4.79 Å². The highest BCUT2D eigenvalue weighted by Gasteiger charge is 2.30. The Morgan fingerprint density at radius 1 is 1.65 bits per heavy atom. The molecule has 1 unspecified atom stereocenters. The molecular weight excluding hydrogens is 330 g/mol. The van der Waals surface area contributed by atoms with Gasteiger partial charge in [0.05, 0.1) is 0 Å². The number of nitrogens with zero attached hydrogens (tertiary/aromatic N) is 1. The molecule has 94 valence electrons. The van der Waals surface area contributed by atoms with E-state index in [1.54, 1.807) is 13.0 Å². The maximum atomic E-state index is 11.4. The largest absolute Gasteiger partial charge is 0.479 e. The lowest BCUT2D eigenvalue weighted by Gasteiger charge is -2.25. The topological polar surface area (TPSA) is 57.6 Å². The highest BCUT2D eigenvalue weighted by molar-refractivity contribution is 9.10. The summed E-state index contributed by atoms with van der Waals surface area (Å²) < 4.78 is 1.12. The highest BCUT2D eigenvalue weighted by atomic mass is 79.9. The van der Waals surface area contributed by atoms with Gasteiger partial charge in [-0.1, -0.05) is 11.6 Å². The monoisotopic (exact) mass is 339 g/mol. The summed E-state index contributed by atoms with van der Waals surface area (Å²) in [4.78, 5) is 24.5. The predicted molar refractivity (Wildman–Crippen MR) is 70.5 cm³/mol. The maximum Gasteiger partial charge on any atom is 0.331 e.